The van der Waals surface area contributed by atoms with E-state index in [-0.39, 0.29) is 11.5 Å². The molecule has 0 bridgehead atoms. The molecular weight excluding hydrogens is 452 g/mol. The predicted octanol–water partition coefficient (Wildman–Crippen LogP) is 3.64. The highest BCUT2D eigenvalue weighted by Crippen LogP contribution is 2.21. The Bertz CT molecular complexity index is 1430. The van der Waals surface area contributed by atoms with Gasteiger partial charge >= 0.3 is 0 Å². The Morgan fingerprint density at radius 3 is 2.25 bits per heavy atom. The first-order chi connectivity index (χ1) is 17.4. The van der Waals surface area contributed by atoms with Crippen LogP contribution in [0.5, 0.6) is 0 Å². The summed E-state index contributed by atoms with van der Waals surface area (Å²) in [7, 11) is 0. The van der Waals surface area contributed by atoms with E-state index in [9.17, 15) is 9.59 Å². The lowest BCUT2D eigenvalue weighted by molar-refractivity contribution is -0.131. The minimum absolute atomic E-state index is 0.132. The molecule has 8 nitrogen and oxygen atoms in total. The molecule has 2 aromatic heterocycles. The second-order valence-corrected chi connectivity index (χ2v) is 9.48. The first-order valence-electron chi connectivity index (χ1n) is 12.5. The molecule has 1 amide bonds. The maximum atomic E-state index is 13.2. The van der Waals surface area contributed by atoms with Crippen molar-refractivity contribution >= 4 is 22.5 Å². The van der Waals surface area contributed by atoms with Crippen LogP contribution in [0, 0.1) is 20.8 Å². The zero-order valence-electron chi connectivity index (χ0n) is 21.1. The van der Waals surface area contributed by atoms with Crippen LogP contribution in [0.3, 0.4) is 0 Å². The van der Waals surface area contributed by atoms with Crippen LogP contribution in [0.4, 0.5) is 5.69 Å². The predicted molar refractivity (Wildman–Crippen MR) is 142 cm³/mol. The fraction of sp³-hybridized carbons (Fsp3) is 0.357. The summed E-state index contributed by atoms with van der Waals surface area (Å²) < 4.78 is 3.27. The van der Waals surface area contributed by atoms with Gasteiger partial charge in [0, 0.05) is 44.8 Å². The second-order valence-electron chi connectivity index (χ2n) is 9.48. The number of hydrogen-bond acceptors (Lipinski definition) is 5. The molecule has 0 unspecified atom stereocenters. The molecule has 0 aliphatic carbocycles. The van der Waals surface area contributed by atoms with Crippen molar-refractivity contribution in [2.24, 2.45) is 0 Å². The standard InChI is InChI=1S/C28H32N6O2/c1-20-11-13-24(14-12-20)34-22(3)26-21(2)29-33(28(36)27(26)30-34)15-7-10-25(35)32-18-16-31(17-19-32)23-8-5-4-6-9-23/h4-6,8-9,11-14H,7,10,15-19H2,1-3H3. The third-order valence-electron chi connectivity index (χ3n) is 6.98. The Labute approximate surface area is 210 Å². The average Bonchev–Trinajstić information content (AvgIpc) is 3.25. The number of aryl methyl sites for hydroxylation is 4. The molecule has 0 atom stereocenters. The average molecular weight is 485 g/mol. The minimum atomic E-state index is -0.214. The Hall–Kier alpha value is -3.94. The molecule has 0 saturated carbocycles. The fourth-order valence-electron chi connectivity index (χ4n) is 4.96. The number of carbonyl (C=O) groups excluding carboxylic acids is 1. The van der Waals surface area contributed by atoms with Gasteiger partial charge in [-0.2, -0.15) is 10.2 Å². The second kappa shape index (κ2) is 9.97. The maximum absolute atomic E-state index is 13.2. The maximum Gasteiger partial charge on any atom is 0.295 e. The lowest BCUT2D eigenvalue weighted by atomic mass is 10.2. The van der Waals surface area contributed by atoms with Crippen LogP contribution in [0.1, 0.15) is 29.8 Å². The first kappa shape index (κ1) is 23.8. The van der Waals surface area contributed by atoms with Crippen molar-refractivity contribution < 1.29 is 4.79 Å². The van der Waals surface area contributed by atoms with Crippen LogP contribution in [0.2, 0.25) is 0 Å². The minimum Gasteiger partial charge on any atom is -0.368 e. The summed E-state index contributed by atoms with van der Waals surface area (Å²) in [5.74, 6) is 0.132. The van der Waals surface area contributed by atoms with Crippen LogP contribution in [-0.4, -0.2) is 56.5 Å². The van der Waals surface area contributed by atoms with Gasteiger partial charge in [-0.15, -0.1) is 0 Å². The SMILES string of the molecule is Cc1ccc(-n2nc3c(=O)n(CCCC(=O)N4CCN(c5ccccc5)CC4)nc(C)c3c2C)cc1. The monoisotopic (exact) mass is 484 g/mol. The van der Waals surface area contributed by atoms with E-state index in [1.807, 2.05) is 72.8 Å². The van der Waals surface area contributed by atoms with Gasteiger partial charge in [0.2, 0.25) is 5.91 Å². The molecule has 4 aromatic rings. The Morgan fingerprint density at radius 2 is 1.56 bits per heavy atom. The van der Waals surface area contributed by atoms with Crippen LogP contribution >= 0.6 is 0 Å². The number of anilines is 1. The lowest BCUT2D eigenvalue weighted by Crippen LogP contribution is -2.48. The highest BCUT2D eigenvalue weighted by atomic mass is 16.2. The van der Waals surface area contributed by atoms with Gasteiger partial charge in [-0.3, -0.25) is 9.59 Å². The molecule has 2 aromatic carbocycles. The van der Waals surface area contributed by atoms with Gasteiger partial charge in [-0.25, -0.2) is 9.36 Å². The Kier molecular flexibility index (Phi) is 6.59. The summed E-state index contributed by atoms with van der Waals surface area (Å²) in [5, 5.41) is 10.00. The quantitative estimate of drug-likeness (QED) is 0.418. The molecule has 1 saturated heterocycles. The normalized spacial score (nSPS) is 14.0. The van der Waals surface area contributed by atoms with E-state index in [2.05, 4.69) is 27.2 Å². The zero-order chi connectivity index (χ0) is 25.2. The fourth-order valence-corrected chi connectivity index (χ4v) is 4.96. The molecule has 1 fully saturated rings. The van der Waals surface area contributed by atoms with Crippen LogP contribution in [0.15, 0.2) is 59.4 Å². The van der Waals surface area contributed by atoms with E-state index in [1.54, 1.807) is 0 Å². The number of hydrogen-bond donors (Lipinski definition) is 0. The summed E-state index contributed by atoms with van der Waals surface area (Å²) in [6.07, 6.45) is 0.959. The summed E-state index contributed by atoms with van der Waals surface area (Å²) >= 11 is 0. The van der Waals surface area contributed by atoms with E-state index >= 15 is 0 Å². The van der Waals surface area contributed by atoms with Crippen molar-refractivity contribution in [1.29, 1.82) is 0 Å². The summed E-state index contributed by atoms with van der Waals surface area (Å²) in [6.45, 7) is 9.39. The molecule has 8 heteroatoms. The molecular formula is C28H32N6O2. The number of para-hydroxylation sites is 1. The van der Waals surface area contributed by atoms with Crippen molar-refractivity contribution in [2.75, 3.05) is 31.1 Å². The lowest BCUT2D eigenvalue weighted by Gasteiger charge is -2.36. The van der Waals surface area contributed by atoms with Gasteiger partial charge in [0.15, 0.2) is 5.52 Å². The third-order valence-corrected chi connectivity index (χ3v) is 6.98. The molecule has 0 N–H and O–H groups in total. The van der Waals surface area contributed by atoms with Gasteiger partial charge in [-0.05, 0) is 51.5 Å². The Balaban J connectivity index is 1.24. The van der Waals surface area contributed by atoms with Gasteiger partial charge in [0.05, 0.1) is 22.5 Å². The molecule has 0 spiro atoms. The molecule has 1 aliphatic heterocycles. The molecule has 3 heterocycles. The van der Waals surface area contributed by atoms with E-state index in [4.69, 9.17) is 0 Å². The summed E-state index contributed by atoms with van der Waals surface area (Å²) in [6, 6.07) is 18.4. The zero-order valence-corrected chi connectivity index (χ0v) is 21.1. The number of carbonyl (C=O) groups is 1. The van der Waals surface area contributed by atoms with Gasteiger partial charge in [-0.1, -0.05) is 35.9 Å². The van der Waals surface area contributed by atoms with Gasteiger partial charge in [0.1, 0.15) is 0 Å². The van der Waals surface area contributed by atoms with Crippen molar-refractivity contribution in [3.63, 3.8) is 0 Å². The van der Waals surface area contributed by atoms with Crippen LogP contribution < -0.4 is 10.5 Å². The number of fused-ring (bicyclic) bond motifs is 1. The number of piperazine rings is 1. The van der Waals surface area contributed by atoms with E-state index in [0.717, 1.165) is 35.6 Å². The van der Waals surface area contributed by atoms with Crippen molar-refractivity contribution in [2.45, 2.75) is 40.2 Å². The Morgan fingerprint density at radius 1 is 0.861 bits per heavy atom. The smallest absolute Gasteiger partial charge is 0.295 e. The molecule has 186 valence electrons. The van der Waals surface area contributed by atoms with Gasteiger partial charge in [0.25, 0.3) is 5.56 Å². The highest BCUT2D eigenvalue weighted by molar-refractivity contribution is 5.83. The molecule has 1 aliphatic rings. The van der Waals surface area contributed by atoms with Crippen molar-refractivity contribution in [1.82, 2.24) is 24.5 Å². The molecule has 36 heavy (non-hydrogen) atoms. The van der Waals surface area contributed by atoms with Crippen molar-refractivity contribution in [3.05, 3.63) is 81.9 Å². The first-order valence-corrected chi connectivity index (χ1v) is 12.5. The van der Waals surface area contributed by atoms with Gasteiger partial charge < -0.3 is 9.80 Å². The van der Waals surface area contributed by atoms with Crippen LogP contribution in [-0.2, 0) is 11.3 Å². The van der Waals surface area contributed by atoms with E-state index in [0.29, 0.717) is 38.0 Å². The van der Waals surface area contributed by atoms with E-state index < -0.39 is 0 Å². The summed E-state index contributed by atoms with van der Waals surface area (Å²) in [4.78, 5) is 30.2. The molecule has 5 rings (SSSR count). The number of aromatic nitrogens is 4. The third kappa shape index (κ3) is 4.63. The number of nitrogens with zero attached hydrogens (tertiary/aromatic N) is 6. The topological polar surface area (TPSA) is 76.3 Å². The number of amides is 1. The summed E-state index contributed by atoms with van der Waals surface area (Å²) in [5.41, 5.74) is 5.15. The largest absolute Gasteiger partial charge is 0.368 e. The van der Waals surface area contributed by atoms with E-state index in [1.165, 1.54) is 15.9 Å². The van der Waals surface area contributed by atoms with Crippen molar-refractivity contribution in [3.8, 4) is 5.69 Å². The number of rotatable bonds is 6. The molecule has 0 radical (unpaired) electrons. The highest BCUT2D eigenvalue weighted by Gasteiger charge is 2.22. The van der Waals surface area contributed by atoms with Crippen LogP contribution in [0.25, 0.3) is 16.6 Å². The number of benzene rings is 2.